The highest BCUT2D eigenvalue weighted by Crippen LogP contribution is 2.31. The minimum absolute atomic E-state index is 0.0672. The second-order valence-electron chi connectivity index (χ2n) is 5.48. The van der Waals surface area contributed by atoms with Crippen LogP contribution in [0.5, 0.6) is 11.5 Å². The zero-order valence-electron chi connectivity index (χ0n) is 14.9. The molecule has 0 saturated carbocycles. The van der Waals surface area contributed by atoms with Gasteiger partial charge in [0.15, 0.2) is 6.61 Å². The van der Waals surface area contributed by atoms with E-state index in [9.17, 15) is 14.9 Å². The van der Waals surface area contributed by atoms with Gasteiger partial charge in [-0.3, -0.25) is 14.9 Å². The lowest BCUT2D eigenvalue weighted by atomic mass is 10.2. The van der Waals surface area contributed by atoms with Gasteiger partial charge in [-0.25, -0.2) is 0 Å². The average Bonchev–Trinajstić information content (AvgIpc) is 2.67. The molecule has 0 aliphatic heterocycles. The van der Waals surface area contributed by atoms with Crippen LogP contribution in [0, 0.1) is 10.1 Å². The number of hydrogen-bond donors (Lipinski definition) is 1. The summed E-state index contributed by atoms with van der Waals surface area (Å²) < 4.78 is 10.3. The van der Waals surface area contributed by atoms with E-state index < -0.39 is 4.92 Å². The molecule has 0 fully saturated rings. The quantitative estimate of drug-likeness (QED) is 0.333. The number of amides is 1. The summed E-state index contributed by atoms with van der Waals surface area (Å²) in [6.07, 6.45) is 0. The van der Waals surface area contributed by atoms with Gasteiger partial charge in [0.2, 0.25) is 5.75 Å². The Morgan fingerprint density at radius 2 is 1.96 bits per heavy atom. The zero-order valence-corrected chi connectivity index (χ0v) is 17.3. The molecule has 0 saturated heterocycles. The third kappa shape index (κ3) is 6.47. The summed E-state index contributed by atoms with van der Waals surface area (Å²) in [5.74, 6) is 1.40. The fourth-order valence-corrected chi connectivity index (χ4v) is 3.80. The van der Waals surface area contributed by atoms with Crippen molar-refractivity contribution >= 4 is 46.6 Å². The number of thioether (sulfide) groups is 1. The van der Waals surface area contributed by atoms with Gasteiger partial charge < -0.3 is 14.8 Å². The van der Waals surface area contributed by atoms with Crippen molar-refractivity contribution in [1.29, 1.82) is 0 Å². The van der Waals surface area contributed by atoms with Gasteiger partial charge in [0, 0.05) is 40.2 Å². The molecule has 2 aromatic rings. The minimum atomic E-state index is -0.553. The van der Waals surface area contributed by atoms with Crippen molar-refractivity contribution in [3.8, 4) is 11.5 Å². The Hall–Kier alpha value is -2.16. The Labute approximate surface area is 176 Å². The van der Waals surface area contributed by atoms with E-state index in [1.54, 1.807) is 30.0 Å². The van der Waals surface area contributed by atoms with Gasteiger partial charge in [0.25, 0.3) is 5.91 Å². The van der Waals surface area contributed by atoms with Crippen LogP contribution < -0.4 is 14.8 Å². The first-order chi connectivity index (χ1) is 13.4. The number of hydrogen-bond acceptors (Lipinski definition) is 6. The molecule has 7 nitrogen and oxygen atoms in total. The number of nitro groups is 1. The normalized spacial score (nSPS) is 10.4. The molecule has 0 spiro atoms. The van der Waals surface area contributed by atoms with Crippen molar-refractivity contribution in [2.75, 3.05) is 26.0 Å². The van der Waals surface area contributed by atoms with Gasteiger partial charge in [-0.15, -0.1) is 0 Å². The molecule has 0 heterocycles. The van der Waals surface area contributed by atoms with E-state index in [1.165, 1.54) is 25.3 Å². The van der Waals surface area contributed by atoms with Gasteiger partial charge in [-0.05, 0) is 23.8 Å². The molecule has 28 heavy (non-hydrogen) atoms. The molecule has 0 aromatic heterocycles. The van der Waals surface area contributed by atoms with Crippen LogP contribution in [0.3, 0.4) is 0 Å². The molecule has 2 rings (SSSR count). The van der Waals surface area contributed by atoms with Crippen molar-refractivity contribution in [2.45, 2.75) is 5.75 Å². The molecule has 0 unspecified atom stereocenters. The molecule has 10 heteroatoms. The first kappa shape index (κ1) is 22.1. The molecule has 1 N–H and O–H groups in total. The summed E-state index contributed by atoms with van der Waals surface area (Å²) in [6.45, 7) is 0.250. The van der Waals surface area contributed by atoms with Gasteiger partial charge in [0.1, 0.15) is 5.75 Å². The van der Waals surface area contributed by atoms with Crippen LogP contribution in [0.4, 0.5) is 5.69 Å². The maximum absolute atomic E-state index is 11.9. The van der Waals surface area contributed by atoms with E-state index >= 15 is 0 Å². The number of carbonyl (C=O) groups is 1. The molecule has 0 radical (unpaired) electrons. The van der Waals surface area contributed by atoms with Crippen molar-refractivity contribution in [3.63, 3.8) is 0 Å². The monoisotopic (exact) mass is 444 g/mol. The molecule has 0 bridgehead atoms. The van der Waals surface area contributed by atoms with E-state index in [1.807, 2.05) is 0 Å². The summed E-state index contributed by atoms with van der Waals surface area (Å²) in [6, 6.07) is 9.42. The third-order valence-electron chi connectivity index (χ3n) is 3.59. The Bertz CT molecular complexity index is 830. The maximum Gasteiger partial charge on any atom is 0.311 e. The molecular weight excluding hydrogens is 427 g/mol. The highest BCUT2D eigenvalue weighted by atomic mass is 35.5. The fourth-order valence-electron chi connectivity index (χ4n) is 2.21. The number of nitrogens with one attached hydrogen (secondary N) is 1. The molecule has 0 atom stereocenters. The van der Waals surface area contributed by atoms with Gasteiger partial charge in [0.05, 0.1) is 12.0 Å². The Balaban J connectivity index is 1.71. The largest absolute Gasteiger partial charge is 0.490 e. The topological polar surface area (TPSA) is 90.7 Å². The van der Waals surface area contributed by atoms with Crippen molar-refractivity contribution < 1.29 is 19.2 Å². The SMILES string of the molecule is COc1cc(OCC(=O)NCCSCc2c(Cl)cccc2Cl)ccc1[N+](=O)[O-]. The number of ether oxygens (including phenoxy) is 2. The van der Waals surface area contributed by atoms with Crippen molar-refractivity contribution in [1.82, 2.24) is 5.32 Å². The summed E-state index contributed by atoms with van der Waals surface area (Å²) in [5.41, 5.74) is 0.701. The number of halogens is 2. The molecule has 2 aromatic carbocycles. The number of benzene rings is 2. The molecule has 0 aliphatic carbocycles. The molecule has 0 aliphatic rings. The Morgan fingerprint density at radius 3 is 2.61 bits per heavy atom. The van der Waals surface area contributed by atoms with E-state index in [-0.39, 0.29) is 24.0 Å². The van der Waals surface area contributed by atoms with E-state index in [4.69, 9.17) is 32.7 Å². The predicted octanol–water partition coefficient (Wildman–Crippen LogP) is 4.34. The minimum Gasteiger partial charge on any atom is -0.490 e. The second-order valence-corrected chi connectivity index (χ2v) is 7.40. The van der Waals surface area contributed by atoms with Crippen LogP contribution in [0.25, 0.3) is 0 Å². The first-order valence-electron chi connectivity index (χ1n) is 8.15. The van der Waals surface area contributed by atoms with Crippen LogP contribution in [0.15, 0.2) is 36.4 Å². The van der Waals surface area contributed by atoms with Crippen LogP contribution in [0.1, 0.15) is 5.56 Å². The number of rotatable bonds is 10. The fraction of sp³-hybridized carbons (Fsp3) is 0.278. The number of nitrogens with zero attached hydrogens (tertiary/aromatic N) is 1. The van der Waals surface area contributed by atoms with Crippen molar-refractivity contribution in [3.05, 3.63) is 62.1 Å². The molecule has 150 valence electrons. The van der Waals surface area contributed by atoms with Crippen LogP contribution >= 0.6 is 35.0 Å². The number of carbonyl (C=O) groups excluding carboxylic acids is 1. The standard InChI is InChI=1S/C18H18Cl2N2O5S/c1-26-17-9-12(5-6-16(17)22(24)25)27-10-18(23)21-7-8-28-11-13-14(19)3-2-4-15(13)20/h2-6,9H,7-8,10-11H2,1H3,(H,21,23). The number of methoxy groups -OCH3 is 1. The van der Waals surface area contributed by atoms with Crippen molar-refractivity contribution in [2.24, 2.45) is 0 Å². The lowest BCUT2D eigenvalue weighted by Gasteiger charge is -2.09. The number of nitro benzene ring substituents is 1. The van der Waals surface area contributed by atoms with Gasteiger partial charge in [-0.1, -0.05) is 29.3 Å². The third-order valence-corrected chi connectivity index (χ3v) is 5.29. The highest BCUT2D eigenvalue weighted by molar-refractivity contribution is 7.98. The van der Waals surface area contributed by atoms with Crippen LogP contribution in [-0.4, -0.2) is 36.8 Å². The predicted molar refractivity (Wildman–Crippen MR) is 111 cm³/mol. The summed E-state index contributed by atoms with van der Waals surface area (Å²) in [7, 11) is 1.33. The van der Waals surface area contributed by atoms with Gasteiger partial charge in [-0.2, -0.15) is 11.8 Å². The first-order valence-corrected chi connectivity index (χ1v) is 10.1. The lowest BCUT2D eigenvalue weighted by Crippen LogP contribution is -2.30. The Morgan fingerprint density at radius 1 is 1.25 bits per heavy atom. The van der Waals surface area contributed by atoms with E-state index in [2.05, 4.69) is 5.32 Å². The summed E-state index contributed by atoms with van der Waals surface area (Å²) in [5, 5.41) is 14.8. The highest BCUT2D eigenvalue weighted by Gasteiger charge is 2.15. The average molecular weight is 445 g/mol. The van der Waals surface area contributed by atoms with E-state index in [0.717, 1.165) is 5.56 Å². The molecule has 1 amide bonds. The zero-order chi connectivity index (χ0) is 20.5. The summed E-state index contributed by atoms with van der Waals surface area (Å²) in [4.78, 5) is 22.2. The summed E-state index contributed by atoms with van der Waals surface area (Å²) >= 11 is 13.8. The van der Waals surface area contributed by atoms with Crippen LogP contribution in [-0.2, 0) is 10.5 Å². The molecular formula is C18H18Cl2N2O5S. The lowest BCUT2D eigenvalue weighted by molar-refractivity contribution is -0.385. The maximum atomic E-state index is 11.9. The second kappa shape index (κ2) is 11.0. The van der Waals surface area contributed by atoms with Crippen LogP contribution in [0.2, 0.25) is 10.0 Å². The Kier molecular flexibility index (Phi) is 8.69. The smallest absolute Gasteiger partial charge is 0.311 e. The van der Waals surface area contributed by atoms with E-state index in [0.29, 0.717) is 33.8 Å². The van der Waals surface area contributed by atoms with Gasteiger partial charge >= 0.3 is 5.69 Å².